The number of thioether (sulfide) groups is 1. The van der Waals surface area contributed by atoms with Gasteiger partial charge in [0.1, 0.15) is 40.9 Å². The number of aliphatic hydroxyl groups is 3. The van der Waals surface area contributed by atoms with Gasteiger partial charge in [-0.05, 0) is 18.6 Å². The van der Waals surface area contributed by atoms with Crippen LogP contribution in [0.2, 0.25) is 0 Å². The van der Waals surface area contributed by atoms with Crippen LogP contribution in [0.15, 0.2) is 46.7 Å². The first kappa shape index (κ1) is 18.5. The molecular formula is C18H17N5O5S. The number of rotatable bonds is 4. The Morgan fingerprint density at radius 1 is 1.17 bits per heavy atom. The molecule has 4 aromatic rings. The molecule has 0 radical (unpaired) electrons. The monoisotopic (exact) mass is 415 g/mol. The van der Waals surface area contributed by atoms with Gasteiger partial charge in [0.2, 0.25) is 0 Å². The van der Waals surface area contributed by atoms with Gasteiger partial charge in [0.15, 0.2) is 17.7 Å². The first-order chi connectivity index (χ1) is 14.0. The molecule has 1 saturated heterocycles. The third-order valence-electron chi connectivity index (χ3n) is 5.14. The summed E-state index contributed by atoms with van der Waals surface area (Å²) in [5, 5.41) is 35.7. The average molecular weight is 415 g/mol. The zero-order chi connectivity index (χ0) is 20.2. The SMILES string of the molecule is CC1(n2cnc3c(SCc4cccc5conc45)ncnc32)OC(O)C(O)C1O. The molecule has 10 nitrogen and oxygen atoms in total. The van der Waals surface area contributed by atoms with Gasteiger partial charge in [-0.15, -0.1) is 0 Å². The van der Waals surface area contributed by atoms with E-state index in [1.807, 2.05) is 18.2 Å². The molecule has 3 N–H and O–H groups in total. The molecule has 0 saturated carbocycles. The summed E-state index contributed by atoms with van der Waals surface area (Å²) in [6, 6.07) is 5.85. The smallest absolute Gasteiger partial charge is 0.186 e. The predicted octanol–water partition coefficient (Wildman–Crippen LogP) is 1.00. The minimum absolute atomic E-state index is 0.421. The average Bonchev–Trinajstić information content (AvgIpc) is 3.42. The van der Waals surface area contributed by atoms with E-state index in [9.17, 15) is 15.3 Å². The van der Waals surface area contributed by atoms with E-state index in [0.29, 0.717) is 21.9 Å². The van der Waals surface area contributed by atoms with E-state index in [1.54, 1.807) is 13.2 Å². The number of benzene rings is 1. The number of imidazole rings is 1. The van der Waals surface area contributed by atoms with Crippen molar-refractivity contribution in [2.24, 2.45) is 0 Å². The third kappa shape index (κ3) is 2.81. The number of hydrogen-bond donors (Lipinski definition) is 3. The summed E-state index contributed by atoms with van der Waals surface area (Å²) >= 11 is 1.47. The standard InChI is InChI=1S/C18H17N5O5S/c1-18(14(25)13(24)17(26)28-18)23-8-21-12-15(23)19-7-20-16(12)29-6-10-4-2-3-9-5-27-22-11(9)10/h2-5,7-8,13-14,17,24-26H,6H2,1H3. The van der Waals surface area contributed by atoms with Gasteiger partial charge in [0, 0.05) is 11.1 Å². The van der Waals surface area contributed by atoms with Crippen LogP contribution >= 0.6 is 11.8 Å². The van der Waals surface area contributed by atoms with Crippen LogP contribution in [-0.4, -0.2) is 58.5 Å². The van der Waals surface area contributed by atoms with Crippen LogP contribution in [0.1, 0.15) is 12.5 Å². The van der Waals surface area contributed by atoms with Crippen LogP contribution in [0.25, 0.3) is 22.1 Å². The fourth-order valence-electron chi connectivity index (χ4n) is 3.52. The second kappa shape index (κ2) is 6.75. The third-order valence-corrected chi connectivity index (χ3v) is 6.17. The topological polar surface area (TPSA) is 140 Å². The van der Waals surface area contributed by atoms with Crippen LogP contribution in [0.5, 0.6) is 0 Å². The molecular weight excluding hydrogens is 398 g/mol. The zero-order valence-electron chi connectivity index (χ0n) is 15.2. The van der Waals surface area contributed by atoms with Crippen molar-refractivity contribution in [2.45, 2.75) is 41.9 Å². The highest BCUT2D eigenvalue weighted by Gasteiger charge is 2.52. The van der Waals surface area contributed by atoms with Crippen LogP contribution < -0.4 is 0 Å². The van der Waals surface area contributed by atoms with Crippen LogP contribution in [-0.2, 0) is 16.2 Å². The minimum atomic E-state index is -1.51. The molecule has 3 aromatic heterocycles. The van der Waals surface area contributed by atoms with Gasteiger partial charge >= 0.3 is 0 Å². The van der Waals surface area contributed by atoms with Crippen LogP contribution in [0.4, 0.5) is 0 Å². The van der Waals surface area contributed by atoms with Crippen molar-refractivity contribution in [3.63, 3.8) is 0 Å². The van der Waals surface area contributed by atoms with Gasteiger partial charge in [0.05, 0.1) is 6.33 Å². The van der Waals surface area contributed by atoms with Crippen LogP contribution in [0, 0.1) is 0 Å². The maximum Gasteiger partial charge on any atom is 0.186 e. The molecule has 11 heteroatoms. The fourth-order valence-corrected chi connectivity index (χ4v) is 4.44. The lowest BCUT2D eigenvalue weighted by atomic mass is 10.1. The van der Waals surface area contributed by atoms with Crippen molar-refractivity contribution in [3.8, 4) is 0 Å². The maximum absolute atomic E-state index is 10.4. The molecule has 1 fully saturated rings. The summed E-state index contributed by atoms with van der Waals surface area (Å²) in [7, 11) is 0. The van der Waals surface area contributed by atoms with Gasteiger partial charge in [-0.2, -0.15) is 0 Å². The fraction of sp³-hybridized carbons (Fsp3) is 0.333. The Labute approximate surface area is 168 Å². The lowest BCUT2D eigenvalue weighted by Gasteiger charge is -2.28. The number of ether oxygens (including phenoxy) is 1. The second-order valence-electron chi connectivity index (χ2n) is 6.92. The van der Waals surface area contributed by atoms with Crippen molar-refractivity contribution in [1.82, 2.24) is 24.7 Å². The van der Waals surface area contributed by atoms with Gasteiger partial charge in [-0.3, -0.25) is 4.57 Å². The Morgan fingerprint density at radius 3 is 2.83 bits per heavy atom. The van der Waals surface area contributed by atoms with E-state index < -0.39 is 24.2 Å². The largest absolute Gasteiger partial charge is 0.385 e. The molecule has 4 heterocycles. The summed E-state index contributed by atoms with van der Waals surface area (Å²) in [5.41, 5.74) is 1.33. The normalized spacial score (nSPS) is 27.2. The van der Waals surface area contributed by atoms with Crippen molar-refractivity contribution in [1.29, 1.82) is 0 Å². The first-order valence-electron chi connectivity index (χ1n) is 8.84. The van der Waals surface area contributed by atoms with Crippen molar-refractivity contribution in [2.75, 3.05) is 0 Å². The molecule has 4 atom stereocenters. The predicted molar refractivity (Wildman–Crippen MR) is 102 cm³/mol. The molecule has 5 rings (SSSR count). The Bertz CT molecular complexity index is 1200. The van der Waals surface area contributed by atoms with Gasteiger partial charge < -0.3 is 24.6 Å². The van der Waals surface area contributed by atoms with Gasteiger partial charge in [-0.25, -0.2) is 15.0 Å². The van der Waals surface area contributed by atoms with Crippen LogP contribution in [0.3, 0.4) is 0 Å². The Hall–Kier alpha value is -2.57. The van der Waals surface area contributed by atoms with Crippen molar-refractivity contribution < 1.29 is 24.6 Å². The highest BCUT2D eigenvalue weighted by molar-refractivity contribution is 7.98. The maximum atomic E-state index is 10.4. The number of aliphatic hydroxyl groups excluding tert-OH is 3. The highest BCUT2D eigenvalue weighted by Crippen LogP contribution is 2.37. The second-order valence-corrected chi connectivity index (χ2v) is 7.89. The summed E-state index contributed by atoms with van der Waals surface area (Å²) in [6.45, 7) is 1.55. The first-order valence-corrected chi connectivity index (χ1v) is 9.83. The summed E-state index contributed by atoms with van der Waals surface area (Å²) < 4.78 is 12.0. The quantitative estimate of drug-likeness (QED) is 0.327. The molecule has 1 aromatic carbocycles. The molecule has 0 bridgehead atoms. The van der Waals surface area contributed by atoms with Gasteiger partial charge in [-0.1, -0.05) is 29.1 Å². The molecule has 0 spiro atoms. The summed E-state index contributed by atoms with van der Waals surface area (Å²) in [4.78, 5) is 13.0. The summed E-state index contributed by atoms with van der Waals surface area (Å²) in [6.07, 6.45) is 0.157. The number of fused-ring (bicyclic) bond motifs is 2. The van der Waals surface area contributed by atoms with E-state index in [0.717, 1.165) is 16.5 Å². The molecule has 4 unspecified atom stereocenters. The Morgan fingerprint density at radius 2 is 2.03 bits per heavy atom. The van der Waals surface area contributed by atoms with E-state index >= 15 is 0 Å². The van der Waals surface area contributed by atoms with E-state index in [4.69, 9.17) is 9.26 Å². The zero-order valence-corrected chi connectivity index (χ0v) is 16.0. The van der Waals surface area contributed by atoms with E-state index in [2.05, 4.69) is 20.1 Å². The summed E-state index contributed by atoms with van der Waals surface area (Å²) in [5.74, 6) is 0.594. The molecule has 0 amide bonds. The molecule has 0 aliphatic carbocycles. The molecule has 1 aliphatic heterocycles. The molecule has 1 aliphatic rings. The van der Waals surface area contributed by atoms with E-state index in [-0.39, 0.29) is 0 Å². The Kier molecular flexibility index (Phi) is 4.29. The molecule has 29 heavy (non-hydrogen) atoms. The Balaban J connectivity index is 1.49. The highest BCUT2D eigenvalue weighted by atomic mass is 32.2. The number of hydrogen-bond acceptors (Lipinski definition) is 10. The molecule has 150 valence electrons. The van der Waals surface area contributed by atoms with Crippen molar-refractivity contribution >= 4 is 33.8 Å². The lowest BCUT2D eigenvalue weighted by molar-refractivity contribution is -0.186. The van der Waals surface area contributed by atoms with Crippen molar-refractivity contribution in [3.05, 3.63) is 42.7 Å². The minimum Gasteiger partial charge on any atom is -0.385 e. The number of aromatic nitrogens is 5. The van der Waals surface area contributed by atoms with E-state index in [1.165, 1.54) is 29.0 Å². The van der Waals surface area contributed by atoms with Gasteiger partial charge in [0.25, 0.3) is 0 Å². The number of nitrogens with zero attached hydrogens (tertiary/aromatic N) is 5. The lowest BCUT2D eigenvalue weighted by Crippen LogP contribution is -2.42.